The molecule has 0 fully saturated rings. The zero-order valence-electron chi connectivity index (χ0n) is 10.5. The summed E-state index contributed by atoms with van der Waals surface area (Å²) in [5.41, 5.74) is -4.18. The number of nitrogens with one attached hydrogen (secondary N) is 1. The number of benzene rings is 1. The maximum Gasteiger partial charge on any atom is 0.423 e. The normalized spacial score (nSPS) is 9.82. The van der Waals surface area contributed by atoms with Gasteiger partial charge in [-0.1, -0.05) is 0 Å². The Morgan fingerprint density at radius 1 is 1.18 bits per heavy atom. The van der Waals surface area contributed by atoms with Crippen molar-refractivity contribution in [3.8, 4) is 18.2 Å². The van der Waals surface area contributed by atoms with Gasteiger partial charge >= 0.3 is 6.18 Å². The van der Waals surface area contributed by atoms with Crippen molar-refractivity contribution in [2.45, 2.75) is 6.18 Å². The molecule has 1 rings (SSSR count). The van der Waals surface area contributed by atoms with Gasteiger partial charge < -0.3 is 5.32 Å². The number of allylic oxidation sites excluding steroid dienone is 2. The third kappa shape index (κ3) is 3.50. The molecule has 0 aliphatic rings. The Bertz CT molecular complexity index is 762. The predicted octanol–water partition coefficient (Wildman–Crippen LogP) is 2.85. The monoisotopic (exact) mass is 307 g/mol. The quantitative estimate of drug-likeness (QED) is 0.519. The Balaban J connectivity index is 3.40. The summed E-state index contributed by atoms with van der Waals surface area (Å²) in [6.07, 6.45) is -4.98. The van der Waals surface area contributed by atoms with E-state index in [-0.39, 0.29) is 5.69 Å². The van der Waals surface area contributed by atoms with Gasteiger partial charge in [0, 0.05) is 11.8 Å². The summed E-state index contributed by atoms with van der Waals surface area (Å²) in [5, 5.41) is 38.8. The lowest BCUT2D eigenvalue weighted by Crippen LogP contribution is -2.10. The highest BCUT2D eigenvalue weighted by Gasteiger charge is 2.38. The first-order valence-corrected chi connectivity index (χ1v) is 5.31. The van der Waals surface area contributed by atoms with E-state index in [1.165, 1.54) is 18.2 Å². The van der Waals surface area contributed by atoms with Crippen LogP contribution in [0.15, 0.2) is 29.5 Å². The Kier molecular flexibility index (Phi) is 4.68. The molecule has 0 aliphatic carbocycles. The highest BCUT2D eigenvalue weighted by atomic mass is 19.4. The standard InChI is InChI=1S/C12H4F3N5O2/c13-12(14,15)9-3-8(1-2-11(9)20(21)22)19-10(6-18)7(4-16)5-17/h1-3,19H. The fraction of sp³-hybridized carbons (Fsp3) is 0.0833. The first-order chi connectivity index (χ1) is 10.2. The molecule has 0 saturated carbocycles. The molecular formula is C12H4F3N5O2. The molecule has 0 bridgehead atoms. The molecule has 0 aromatic heterocycles. The van der Waals surface area contributed by atoms with Crippen molar-refractivity contribution in [2.75, 3.05) is 5.32 Å². The number of rotatable bonds is 3. The molecule has 1 aromatic carbocycles. The largest absolute Gasteiger partial charge is 0.423 e. The minimum Gasteiger partial charge on any atom is -0.345 e. The summed E-state index contributed by atoms with van der Waals surface area (Å²) in [7, 11) is 0. The Morgan fingerprint density at radius 3 is 2.18 bits per heavy atom. The third-order valence-corrected chi connectivity index (χ3v) is 2.35. The fourth-order valence-electron chi connectivity index (χ4n) is 1.43. The molecule has 7 nitrogen and oxygen atoms in total. The first-order valence-electron chi connectivity index (χ1n) is 5.31. The Hall–Kier alpha value is -3.58. The van der Waals surface area contributed by atoms with E-state index in [1.54, 1.807) is 0 Å². The lowest BCUT2D eigenvalue weighted by molar-refractivity contribution is -0.388. The van der Waals surface area contributed by atoms with Crippen molar-refractivity contribution >= 4 is 11.4 Å². The lowest BCUT2D eigenvalue weighted by atomic mass is 10.1. The number of nitriles is 3. The molecule has 0 atom stereocenters. The topological polar surface area (TPSA) is 127 Å². The lowest BCUT2D eigenvalue weighted by Gasteiger charge is -2.10. The number of nitrogens with zero attached hydrogens (tertiary/aromatic N) is 4. The van der Waals surface area contributed by atoms with Gasteiger partial charge in [-0.2, -0.15) is 29.0 Å². The molecule has 0 unspecified atom stereocenters. The Morgan fingerprint density at radius 2 is 1.77 bits per heavy atom. The molecule has 1 aromatic rings. The molecule has 0 aliphatic heterocycles. The molecule has 10 heteroatoms. The van der Waals surface area contributed by atoms with E-state index in [1.807, 2.05) is 0 Å². The van der Waals surface area contributed by atoms with Crippen LogP contribution in [0, 0.1) is 44.1 Å². The first kappa shape index (κ1) is 16.5. The van der Waals surface area contributed by atoms with E-state index < -0.39 is 33.6 Å². The summed E-state index contributed by atoms with van der Waals surface area (Å²) in [5.74, 6) is 0. The van der Waals surface area contributed by atoms with Crippen LogP contribution in [0.5, 0.6) is 0 Å². The van der Waals surface area contributed by atoms with E-state index >= 15 is 0 Å². The van der Waals surface area contributed by atoms with E-state index in [9.17, 15) is 23.3 Å². The van der Waals surface area contributed by atoms with Crippen LogP contribution in [0.1, 0.15) is 5.56 Å². The molecule has 0 amide bonds. The molecule has 0 heterocycles. The van der Waals surface area contributed by atoms with Gasteiger partial charge in [-0.05, 0) is 12.1 Å². The molecule has 0 saturated heterocycles. The molecule has 0 radical (unpaired) electrons. The van der Waals surface area contributed by atoms with Crippen molar-refractivity contribution in [3.05, 3.63) is 45.1 Å². The number of hydrogen-bond donors (Lipinski definition) is 1. The van der Waals surface area contributed by atoms with Crippen molar-refractivity contribution in [1.82, 2.24) is 0 Å². The van der Waals surface area contributed by atoms with Gasteiger partial charge in [0.2, 0.25) is 0 Å². The second-order valence-corrected chi connectivity index (χ2v) is 3.70. The van der Waals surface area contributed by atoms with Gasteiger partial charge in [0.1, 0.15) is 29.5 Å². The summed E-state index contributed by atoms with van der Waals surface area (Å²) in [4.78, 5) is 9.41. The average Bonchev–Trinajstić information content (AvgIpc) is 2.46. The van der Waals surface area contributed by atoms with E-state index in [0.29, 0.717) is 12.1 Å². The molecular weight excluding hydrogens is 303 g/mol. The number of nitro benzene ring substituents is 1. The average molecular weight is 307 g/mol. The summed E-state index contributed by atoms with van der Waals surface area (Å²) in [6.45, 7) is 0. The van der Waals surface area contributed by atoms with E-state index in [2.05, 4.69) is 5.32 Å². The summed E-state index contributed by atoms with van der Waals surface area (Å²) >= 11 is 0. The van der Waals surface area contributed by atoms with Gasteiger partial charge in [0.25, 0.3) is 5.69 Å². The van der Waals surface area contributed by atoms with Crippen molar-refractivity contribution in [1.29, 1.82) is 15.8 Å². The third-order valence-electron chi connectivity index (χ3n) is 2.35. The van der Waals surface area contributed by atoms with Crippen LogP contribution >= 0.6 is 0 Å². The fourth-order valence-corrected chi connectivity index (χ4v) is 1.43. The van der Waals surface area contributed by atoms with Crippen molar-refractivity contribution in [2.24, 2.45) is 0 Å². The van der Waals surface area contributed by atoms with Gasteiger partial charge in [-0.3, -0.25) is 10.1 Å². The number of alkyl halides is 3. The highest BCUT2D eigenvalue weighted by molar-refractivity contribution is 5.62. The van der Waals surface area contributed by atoms with Gasteiger partial charge in [-0.25, -0.2) is 0 Å². The predicted molar refractivity (Wildman–Crippen MR) is 65.6 cm³/mol. The maximum absolute atomic E-state index is 12.8. The summed E-state index contributed by atoms with van der Waals surface area (Å²) < 4.78 is 38.4. The van der Waals surface area contributed by atoms with Crippen LogP contribution in [-0.4, -0.2) is 4.92 Å². The smallest absolute Gasteiger partial charge is 0.345 e. The van der Waals surface area contributed by atoms with Crippen molar-refractivity contribution < 1.29 is 18.1 Å². The zero-order valence-corrected chi connectivity index (χ0v) is 10.5. The van der Waals surface area contributed by atoms with Crippen molar-refractivity contribution in [3.63, 3.8) is 0 Å². The van der Waals surface area contributed by atoms with Crippen LogP contribution < -0.4 is 5.32 Å². The highest BCUT2D eigenvalue weighted by Crippen LogP contribution is 2.37. The number of halogens is 3. The van der Waals surface area contributed by atoms with Crippen LogP contribution in [0.3, 0.4) is 0 Å². The molecule has 110 valence electrons. The number of hydrogen-bond acceptors (Lipinski definition) is 6. The van der Waals surface area contributed by atoms with Crippen LogP contribution in [0.25, 0.3) is 0 Å². The Labute approximate surface area is 121 Å². The molecule has 22 heavy (non-hydrogen) atoms. The molecule has 1 N–H and O–H groups in total. The second-order valence-electron chi connectivity index (χ2n) is 3.70. The maximum atomic E-state index is 12.8. The summed E-state index contributed by atoms with van der Waals surface area (Å²) in [6, 6.07) is 6.21. The molecule has 0 spiro atoms. The number of anilines is 1. The minimum absolute atomic E-state index is 0.322. The SMILES string of the molecule is N#CC(C#N)=C(C#N)Nc1ccc([N+](=O)[O-])c(C(F)(F)F)c1. The van der Waals surface area contributed by atoms with E-state index in [4.69, 9.17) is 15.8 Å². The van der Waals surface area contributed by atoms with Gasteiger partial charge in [0.15, 0.2) is 5.57 Å². The number of nitro groups is 1. The van der Waals surface area contributed by atoms with Gasteiger partial charge in [0.05, 0.1) is 4.92 Å². The van der Waals surface area contributed by atoms with E-state index in [0.717, 1.165) is 6.07 Å². The van der Waals surface area contributed by atoms with Crippen LogP contribution in [0.2, 0.25) is 0 Å². The minimum atomic E-state index is -4.98. The van der Waals surface area contributed by atoms with Crippen LogP contribution in [-0.2, 0) is 6.18 Å². The second kappa shape index (κ2) is 6.25. The van der Waals surface area contributed by atoms with Gasteiger partial charge in [-0.15, -0.1) is 0 Å². The zero-order chi connectivity index (χ0) is 16.9. The van der Waals surface area contributed by atoms with Crippen LogP contribution in [0.4, 0.5) is 24.5 Å².